The van der Waals surface area contributed by atoms with Crippen molar-refractivity contribution in [1.82, 2.24) is 19.9 Å². The molecule has 0 unspecified atom stereocenters. The molecular formula is C25H26FN5. The number of nitrogens with one attached hydrogen (secondary N) is 2. The smallest absolute Gasteiger partial charge is 0.138 e. The number of hydrogen-bond donors (Lipinski definition) is 2. The number of halogens is 1. The van der Waals surface area contributed by atoms with E-state index >= 15 is 0 Å². The SMILES string of the molecule is CN1CCC(c2cc3c(-c4cc(NCc5ccccn5)ccc4F)ccnc3[nH]2)CC1. The number of piperidine rings is 1. The molecule has 0 aliphatic carbocycles. The number of nitrogens with zero attached hydrogens (tertiary/aromatic N) is 3. The fraction of sp³-hybridized carbons (Fsp3) is 0.280. The Bertz CT molecular complexity index is 1180. The maximum Gasteiger partial charge on any atom is 0.138 e. The molecule has 0 spiro atoms. The first-order valence-corrected chi connectivity index (χ1v) is 10.8. The molecule has 1 aromatic carbocycles. The lowest BCUT2D eigenvalue weighted by Crippen LogP contribution is -2.29. The van der Waals surface area contributed by atoms with Crippen molar-refractivity contribution in [3.63, 3.8) is 0 Å². The Morgan fingerprint density at radius 3 is 2.71 bits per heavy atom. The molecule has 1 aliphatic rings. The Balaban J connectivity index is 1.45. The maximum atomic E-state index is 14.9. The highest BCUT2D eigenvalue weighted by Gasteiger charge is 2.21. The number of benzene rings is 1. The van der Waals surface area contributed by atoms with E-state index in [2.05, 4.69) is 38.3 Å². The number of fused-ring (bicyclic) bond motifs is 1. The van der Waals surface area contributed by atoms with Gasteiger partial charge in [-0.05, 0) is 81.0 Å². The van der Waals surface area contributed by atoms with Crippen molar-refractivity contribution in [2.24, 2.45) is 0 Å². The fourth-order valence-corrected chi connectivity index (χ4v) is 4.36. The molecule has 0 amide bonds. The van der Waals surface area contributed by atoms with Crippen LogP contribution in [0.3, 0.4) is 0 Å². The standard InChI is InChI=1S/C25H26FN5/c1-31-12-8-17(9-13-31)24-15-22-20(7-11-28-25(22)30-24)21-14-18(5-6-23(21)26)29-16-19-4-2-3-10-27-19/h2-7,10-11,14-15,17,29H,8-9,12-13,16H2,1H3,(H,28,30). The van der Waals surface area contributed by atoms with Crippen molar-refractivity contribution in [1.29, 1.82) is 0 Å². The average Bonchev–Trinajstić information content (AvgIpc) is 3.24. The fourth-order valence-electron chi connectivity index (χ4n) is 4.36. The molecule has 0 atom stereocenters. The lowest BCUT2D eigenvalue weighted by atomic mass is 9.93. The molecule has 0 radical (unpaired) electrons. The number of likely N-dealkylation sites (tertiary alicyclic amines) is 1. The summed E-state index contributed by atoms with van der Waals surface area (Å²) in [6.45, 7) is 2.78. The highest BCUT2D eigenvalue weighted by atomic mass is 19.1. The summed E-state index contributed by atoms with van der Waals surface area (Å²) < 4.78 is 14.9. The van der Waals surface area contributed by atoms with Crippen LogP contribution in [0.1, 0.15) is 30.1 Å². The first-order chi connectivity index (χ1) is 15.2. The zero-order valence-corrected chi connectivity index (χ0v) is 17.6. The van der Waals surface area contributed by atoms with E-state index in [1.165, 1.54) is 11.8 Å². The van der Waals surface area contributed by atoms with Crippen LogP contribution < -0.4 is 5.32 Å². The summed E-state index contributed by atoms with van der Waals surface area (Å²) in [6, 6.07) is 15.0. The lowest BCUT2D eigenvalue weighted by molar-refractivity contribution is 0.254. The third-order valence-corrected chi connectivity index (χ3v) is 6.17. The molecule has 2 N–H and O–H groups in total. The van der Waals surface area contributed by atoms with E-state index in [0.717, 1.165) is 53.9 Å². The van der Waals surface area contributed by atoms with E-state index in [4.69, 9.17) is 0 Å². The first kappa shape index (κ1) is 19.7. The third kappa shape index (κ3) is 4.16. The quantitative estimate of drug-likeness (QED) is 0.471. The number of aromatic amines is 1. The van der Waals surface area contributed by atoms with E-state index in [1.54, 1.807) is 18.5 Å². The van der Waals surface area contributed by atoms with Crippen LogP contribution in [0.4, 0.5) is 10.1 Å². The predicted octanol–water partition coefficient (Wildman–Crippen LogP) is 5.19. The molecule has 4 heterocycles. The van der Waals surface area contributed by atoms with Crippen LogP contribution in [-0.2, 0) is 6.54 Å². The summed E-state index contributed by atoms with van der Waals surface area (Å²) >= 11 is 0. The van der Waals surface area contributed by atoms with Crippen LogP contribution >= 0.6 is 0 Å². The van der Waals surface area contributed by atoms with Gasteiger partial charge in [-0.1, -0.05) is 6.07 Å². The summed E-state index contributed by atoms with van der Waals surface area (Å²) in [6.07, 6.45) is 5.77. The van der Waals surface area contributed by atoms with Gasteiger partial charge in [0.05, 0.1) is 12.2 Å². The molecule has 0 saturated carbocycles. The molecule has 6 heteroatoms. The molecule has 31 heavy (non-hydrogen) atoms. The average molecular weight is 416 g/mol. The molecule has 5 rings (SSSR count). The van der Waals surface area contributed by atoms with Gasteiger partial charge in [-0.25, -0.2) is 9.37 Å². The normalized spacial score (nSPS) is 15.4. The van der Waals surface area contributed by atoms with Gasteiger partial charge in [0.2, 0.25) is 0 Å². The Hall–Kier alpha value is -3.25. The largest absolute Gasteiger partial charge is 0.379 e. The van der Waals surface area contributed by atoms with Crippen LogP contribution in [0.15, 0.2) is 60.9 Å². The van der Waals surface area contributed by atoms with Gasteiger partial charge >= 0.3 is 0 Å². The van der Waals surface area contributed by atoms with E-state index < -0.39 is 0 Å². The van der Waals surface area contributed by atoms with Crippen molar-refractivity contribution < 1.29 is 4.39 Å². The van der Waals surface area contributed by atoms with Crippen molar-refractivity contribution >= 4 is 16.7 Å². The number of hydrogen-bond acceptors (Lipinski definition) is 4. The second kappa shape index (κ2) is 8.47. The topological polar surface area (TPSA) is 56.8 Å². The lowest BCUT2D eigenvalue weighted by Gasteiger charge is -2.28. The van der Waals surface area contributed by atoms with Gasteiger partial charge in [-0.3, -0.25) is 4.98 Å². The zero-order valence-electron chi connectivity index (χ0n) is 17.6. The monoisotopic (exact) mass is 415 g/mol. The van der Waals surface area contributed by atoms with Crippen LogP contribution in [-0.4, -0.2) is 40.0 Å². The van der Waals surface area contributed by atoms with Crippen molar-refractivity contribution in [2.45, 2.75) is 25.3 Å². The predicted molar refractivity (Wildman–Crippen MR) is 123 cm³/mol. The van der Waals surface area contributed by atoms with Crippen molar-refractivity contribution in [2.75, 3.05) is 25.5 Å². The van der Waals surface area contributed by atoms with Gasteiger partial charge in [-0.2, -0.15) is 0 Å². The number of H-pyrrole nitrogens is 1. The van der Waals surface area contributed by atoms with Gasteiger partial charge in [-0.15, -0.1) is 0 Å². The van der Waals surface area contributed by atoms with Crippen LogP contribution in [0.2, 0.25) is 0 Å². The van der Waals surface area contributed by atoms with Crippen molar-refractivity contribution in [3.8, 4) is 11.1 Å². The minimum atomic E-state index is -0.238. The van der Waals surface area contributed by atoms with E-state index in [-0.39, 0.29) is 5.82 Å². The molecule has 0 bridgehead atoms. The number of anilines is 1. The van der Waals surface area contributed by atoms with Crippen LogP contribution in [0, 0.1) is 5.82 Å². The highest BCUT2D eigenvalue weighted by Crippen LogP contribution is 2.35. The number of aromatic nitrogens is 3. The molecule has 4 aromatic rings. The Morgan fingerprint density at radius 1 is 1.03 bits per heavy atom. The van der Waals surface area contributed by atoms with E-state index in [9.17, 15) is 4.39 Å². The van der Waals surface area contributed by atoms with E-state index in [0.29, 0.717) is 18.0 Å². The van der Waals surface area contributed by atoms with Gasteiger partial charge in [0.1, 0.15) is 11.5 Å². The van der Waals surface area contributed by atoms with Crippen LogP contribution in [0.25, 0.3) is 22.2 Å². The van der Waals surface area contributed by atoms with Crippen LogP contribution in [0.5, 0.6) is 0 Å². The summed E-state index contributed by atoms with van der Waals surface area (Å²) in [5.41, 5.74) is 5.25. The summed E-state index contributed by atoms with van der Waals surface area (Å²) in [5, 5.41) is 4.32. The van der Waals surface area contributed by atoms with Gasteiger partial charge in [0.25, 0.3) is 0 Å². The highest BCUT2D eigenvalue weighted by molar-refractivity contribution is 5.94. The van der Waals surface area contributed by atoms with Crippen molar-refractivity contribution in [3.05, 3.63) is 78.1 Å². The third-order valence-electron chi connectivity index (χ3n) is 6.17. The number of pyridine rings is 2. The Morgan fingerprint density at radius 2 is 1.90 bits per heavy atom. The second-order valence-corrected chi connectivity index (χ2v) is 8.29. The number of rotatable bonds is 5. The summed E-state index contributed by atoms with van der Waals surface area (Å²) in [5.74, 6) is 0.257. The Labute approximate surface area is 181 Å². The molecule has 1 aliphatic heterocycles. The van der Waals surface area contributed by atoms with Gasteiger partial charge < -0.3 is 15.2 Å². The molecule has 158 valence electrons. The first-order valence-electron chi connectivity index (χ1n) is 10.8. The molecule has 1 saturated heterocycles. The maximum absolute atomic E-state index is 14.9. The van der Waals surface area contributed by atoms with Gasteiger partial charge in [0, 0.05) is 40.6 Å². The van der Waals surface area contributed by atoms with Gasteiger partial charge in [0.15, 0.2) is 0 Å². The molecular weight excluding hydrogens is 389 g/mol. The molecule has 1 fully saturated rings. The molecule has 5 nitrogen and oxygen atoms in total. The van der Waals surface area contributed by atoms with E-state index in [1.807, 2.05) is 30.3 Å². The zero-order chi connectivity index (χ0) is 21.2. The minimum Gasteiger partial charge on any atom is -0.379 e. The molecule has 3 aromatic heterocycles. The summed E-state index contributed by atoms with van der Waals surface area (Å²) in [7, 11) is 2.17. The minimum absolute atomic E-state index is 0.238. The Kier molecular flexibility index (Phi) is 5.38. The summed E-state index contributed by atoms with van der Waals surface area (Å²) in [4.78, 5) is 14.7. The second-order valence-electron chi connectivity index (χ2n) is 8.29.